The highest BCUT2D eigenvalue weighted by Gasteiger charge is 2.36. The van der Waals surface area contributed by atoms with Crippen LogP contribution in [0.4, 0.5) is 18.9 Å². The Labute approximate surface area is 206 Å². The van der Waals surface area contributed by atoms with Gasteiger partial charge in [-0.05, 0) is 62.2 Å². The van der Waals surface area contributed by atoms with E-state index in [0.29, 0.717) is 28.5 Å². The lowest BCUT2D eigenvalue weighted by molar-refractivity contribution is -0.137. The van der Waals surface area contributed by atoms with E-state index in [9.17, 15) is 26.7 Å². The van der Waals surface area contributed by atoms with E-state index >= 15 is 0 Å². The summed E-state index contributed by atoms with van der Waals surface area (Å²) in [7, 11) is -3.37. The molecule has 0 aliphatic rings. The number of hydrogen-bond acceptors (Lipinski definition) is 6. The van der Waals surface area contributed by atoms with Crippen LogP contribution in [0.15, 0.2) is 47.6 Å². The van der Waals surface area contributed by atoms with Gasteiger partial charge in [0.05, 0.1) is 26.9 Å². The average Bonchev–Trinajstić information content (AvgIpc) is 2.76. The topological polar surface area (TPSA) is 92.6 Å². The Balaban J connectivity index is 2.23. The van der Waals surface area contributed by atoms with Crippen molar-refractivity contribution < 1.29 is 31.4 Å². The number of anilines is 1. The monoisotopic (exact) mass is 529 g/mol. The number of pyridine rings is 2. The second-order valence-electron chi connectivity index (χ2n) is 7.86. The number of aryl methyl sites for hydroxylation is 3. The van der Waals surface area contributed by atoms with Gasteiger partial charge in [0, 0.05) is 30.8 Å². The second kappa shape index (κ2) is 10.1. The van der Waals surface area contributed by atoms with E-state index in [1.807, 2.05) is 0 Å². The molecular formula is C23H23ClF3N3O4S. The summed E-state index contributed by atoms with van der Waals surface area (Å²) < 4.78 is 73.2. The summed E-state index contributed by atoms with van der Waals surface area (Å²) in [4.78, 5) is 7.82. The number of aromatic nitrogens is 2. The van der Waals surface area contributed by atoms with Crippen molar-refractivity contribution in [1.29, 1.82) is 0 Å². The predicted octanol–water partition coefficient (Wildman–Crippen LogP) is 4.95. The molecule has 188 valence electrons. The largest absolute Gasteiger partial charge is 0.417 e. The van der Waals surface area contributed by atoms with Crippen molar-refractivity contribution in [3.63, 3.8) is 0 Å². The van der Waals surface area contributed by atoms with Crippen LogP contribution in [-0.2, 0) is 20.9 Å². The summed E-state index contributed by atoms with van der Waals surface area (Å²) in [5.74, 6) is 0. The highest BCUT2D eigenvalue weighted by Crippen LogP contribution is 2.38. The molecule has 0 radical (unpaired) electrons. The number of aliphatic hydroxyl groups is 1. The van der Waals surface area contributed by atoms with E-state index in [1.165, 1.54) is 19.4 Å². The van der Waals surface area contributed by atoms with Gasteiger partial charge < -0.3 is 9.84 Å². The van der Waals surface area contributed by atoms with Crippen molar-refractivity contribution >= 4 is 27.3 Å². The van der Waals surface area contributed by atoms with Crippen LogP contribution >= 0.6 is 11.6 Å². The Morgan fingerprint density at radius 1 is 1.14 bits per heavy atom. The SMILES string of the molecule is COCN(c1cc(C)cnc1C(O)c1c(C)ccnc1C)S(=O)(=O)c1ccc(Cl)c(C(F)(F)F)c1. The number of benzene rings is 1. The molecule has 0 spiro atoms. The Kier molecular flexibility index (Phi) is 7.75. The second-order valence-corrected chi connectivity index (χ2v) is 10.1. The van der Waals surface area contributed by atoms with Crippen LogP contribution in [0.3, 0.4) is 0 Å². The van der Waals surface area contributed by atoms with Crippen molar-refractivity contribution in [3.05, 3.63) is 81.4 Å². The van der Waals surface area contributed by atoms with Gasteiger partial charge in [0.25, 0.3) is 10.0 Å². The van der Waals surface area contributed by atoms with Gasteiger partial charge in [-0.25, -0.2) is 12.7 Å². The molecule has 35 heavy (non-hydrogen) atoms. The molecule has 12 heteroatoms. The normalized spacial score (nSPS) is 13.1. The van der Waals surface area contributed by atoms with Crippen LogP contribution in [0.1, 0.15) is 39.7 Å². The Hall–Kier alpha value is -2.73. The summed E-state index contributed by atoms with van der Waals surface area (Å²) in [6.07, 6.45) is -3.21. The molecule has 3 aromatic rings. The zero-order chi connectivity index (χ0) is 26.1. The van der Waals surface area contributed by atoms with Gasteiger partial charge in [-0.1, -0.05) is 11.6 Å². The van der Waals surface area contributed by atoms with Crippen LogP contribution < -0.4 is 4.31 Å². The Morgan fingerprint density at radius 2 is 1.83 bits per heavy atom. The van der Waals surface area contributed by atoms with Crippen LogP contribution in [-0.4, -0.2) is 37.3 Å². The predicted molar refractivity (Wildman–Crippen MR) is 125 cm³/mol. The Morgan fingerprint density at radius 3 is 2.43 bits per heavy atom. The van der Waals surface area contributed by atoms with Gasteiger partial charge >= 0.3 is 6.18 Å². The molecule has 0 fully saturated rings. The van der Waals surface area contributed by atoms with Gasteiger partial charge in [0.1, 0.15) is 12.8 Å². The molecule has 1 unspecified atom stereocenters. The first-order valence-corrected chi connectivity index (χ1v) is 12.1. The lowest BCUT2D eigenvalue weighted by atomic mass is 9.98. The number of halogens is 4. The third kappa shape index (κ3) is 5.43. The number of alkyl halides is 3. The van der Waals surface area contributed by atoms with Crippen molar-refractivity contribution in [2.45, 2.75) is 37.9 Å². The van der Waals surface area contributed by atoms with Crippen LogP contribution in [0.5, 0.6) is 0 Å². The van der Waals surface area contributed by atoms with Gasteiger partial charge in [-0.3, -0.25) is 9.97 Å². The molecule has 3 rings (SSSR count). The average molecular weight is 530 g/mol. The van der Waals surface area contributed by atoms with E-state index in [-0.39, 0.29) is 11.4 Å². The van der Waals surface area contributed by atoms with Gasteiger partial charge in [0.2, 0.25) is 0 Å². The number of hydrogen-bond donors (Lipinski definition) is 1. The smallest absolute Gasteiger partial charge is 0.382 e. The van der Waals surface area contributed by atoms with E-state index in [4.69, 9.17) is 16.3 Å². The third-order valence-corrected chi connectivity index (χ3v) is 7.38. The molecule has 0 saturated carbocycles. The minimum Gasteiger partial charge on any atom is -0.382 e. The van der Waals surface area contributed by atoms with Crippen LogP contribution in [0, 0.1) is 20.8 Å². The molecule has 1 atom stereocenters. The van der Waals surface area contributed by atoms with Crippen molar-refractivity contribution in [2.24, 2.45) is 0 Å². The maximum absolute atomic E-state index is 13.6. The fraction of sp³-hybridized carbons (Fsp3) is 0.304. The van der Waals surface area contributed by atoms with E-state index in [2.05, 4.69) is 9.97 Å². The maximum atomic E-state index is 13.6. The summed E-state index contributed by atoms with van der Waals surface area (Å²) >= 11 is 5.67. The lowest BCUT2D eigenvalue weighted by Crippen LogP contribution is -2.34. The number of nitrogens with zero attached hydrogens (tertiary/aromatic N) is 3. The first-order chi connectivity index (χ1) is 16.3. The van der Waals surface area contributed by atoms with Crippen molar-refractivity contribution in [1.82, 2.24) is 9.97 Å². The van der Waals surface area contributed by atoms with E-state index < -0.39 is 44.5 Å². The lowest BCUT2D eigenvalue weighted by Gasteiger charge is -2.28. The van der Waals surface area contributed by atoms with Crippen molar-refractivity contribution in [2.75, 3.05) is 18.1 Å². The van der Waals surface area contributed by atoms with Crippen LogP contribution in [0.25, 0.3) is 0 Å². The standard InChI is InChI=1S/C23H23ClF3N3O4S/c1-13-9-19(21(29-11-13)22(31)20-14(2)7-8-28-15(20)3)30(12-34-4)35(32,33)16-5-6-18(24)17(10-16)23(25,26)27/h5-11,22,31H,12H2,1-4H3. The molecule has 7 nitrogen and oxygen atoms in total. The zero-order valence-corrected chi connectivity index (χ0v) is 20.8. The van der Waals surface area contributed by atoms with Crippen LogP contribution in [0.2, 0.25) is 5.02 Å². The highest BCUT2D eigenvalue weighted by atomic mass is 35.5. The summed E-state index contributed by atoms with van der Waals surface area (Å²) in [5.41, 5.74) is 0.837. The summed E-state index contributed by atoms with van der Waals surface area (Å²) in [5, 5.41) is 10.6. The molecule has 2 aromatic heterocycles. The van der Waals surface area contributed by atoms with Gasteiger partial charge in [-0.15, -0.1) is 0 Å². The summed E-state index contributed by atoms with van der Waals surface area (Å²) in [6, 6.07) is 5.47. The fourth-order valence-corrected chi connectivity index (χ4v) is 5.26. The minimum absolute atomic E-state index is 0.0274. The zero-order valence-electron chi connectivity index (χ0n) is 19.3. The highest BCUT2D eigenvalue weighted by molar-refractivity contribution is 7.92. The van der Waals surface area contributed by atoms with E-state index in [0.717, 1.165) is 16.4 Å². The van der Waals surface area contributed by atoms with Gasteiger partial charge in [0.15, 0.2) is 0 Å². The molecule has 0 aliphatic carbocycles. The van der Waals surface area contributed by atoms with Crippen molar-refractivity contribution in [3.8, 4) is 0 Å². The Bertz CT molecular complexity index is 1330. The molecule has 0 saturated heterocycles. The summed E-state index contributed by atoms with van der Waals surface area (Å²) in [6.45, 7) is 4.56. The van der Waals surface area contributed by atoms with Gasteiger partial charge in [-0.2, -0.15) is 13.2 Å². The molecule has 0 bridgehead atoms. The molecule has 1 N–H and O–H groups in total. The quantitative estimate of drug-likeness (QED) is 0.435. The van der Waals surface area contributed by atoms with E-state index in [1.54, 1.807) is 33.0 Å². The number of aliphatic hydroxyl groups excluding tert-OH is 1. The molecule has 0 aliphatic heterocycles. The molecule has 1 aromatic carbocycles. The number of rotatable bonds is 7. The molecule has 0 amide bonds. The number of sulfonamides is 1. The fourth-order valence-electron chi connectivity index (χ4n) is 3.63. The first-order valence-electron chi connectivity index (χ1n) is 10.2. The minimum atomic E-state index is -4.86. The molecule has 2 heterocycles. The molecular weight excluding hydrogens is 507 g/mol. The maximum Gasteiger partial charge on any atom is 0.417 e. The third-order valence-electron chi connectivity index (χ3n) is 5.32. The number of methoxy groups -OCH3 is 1. The first kappa shape index (κ1) is 26.9. The number of ether oxygens (including phenoxy) is 1.